The number of amides is 2. The van der Waals surface area contributed by atoms with Crippen LogP contribution in [-0.2, 0) is 35.3 Å². The van der Waals surface area contributed by atoms with E-state index in [0.29, 0.717) is 56.1 Å². The number of nitriles is 1. The summed E-state index contributed by atoms with van der Waals surface area (Å²) in [7, 11) is 0. The first-order chi connectivity index (χ1) is 18.1. The topological polar surface area (TPSA) is 118 Å². The Balaban J connectivity index is 1.27. The van der Waals surface area contributed by atoms with Crippen LogP contribution >= 0.6 is 11.3 Å². The van der Waals surface area contributed by atoms with E-state index in [1.807, 2.05) is 42.0 Å². The predicted molar refractivity (Wildman–Crippen MR) is 141 cm³/mol. The fraction of sp³-hybridized carbons (Fsp3) is 0.407. The molecule has 1 aromatic carbocycles. The number of aromatic nitrogens is 2. The molecule has 1 aliphatic carbocycles. The van der Waals surface area contributed by atoms with Crippen LogP contribution < -0.4 is 15.4 Å². The Morgan fingerprint density at radius 2 is 2.19 bits per heavy atom. The highest BCUT2D eigenvalue weighted by molar-refractivity contribution is 7.16. The SMILES string of the molecule is CCOc1ccccc1CCC(=O)Nc1sc2c(c1C#N)CCC(COC(=O)NCCn1ccnc1)C2. The number of ether oxygens (including phenoxy) is 2. The maximum absolute atomic E-state index is 12.7. The lowest BCUT2D eigenvalue weighted by atomic mass is 9.88. The molecule has 2 amide bonds. The molecule has 0 saturated carbocycles. The Hall–Kier alpha value is -3.84. The number of anilines is 1. The van der Waals surface area contributed by atoms with E-state index < -0.39 is 6.09 Å². The number of para-hydroxylation sites is 1. The van der Waals surface area contributed by atoms with Gasteiger partial charge in [-0.3, -0.25) is 4.79 Å². The van der Waals surface area contributed by atoms with Crippen LogP contribution in [0.4, 0.5) is 9.80 Å². The molecule has 2 N–H and O–H groups in total. The van der Waals surface area contributed by atoms with Crippen molar-refractivity contribution in [1.82, 2.24) is 14.9 Å². The van der Waals surface area contributed by atoms with Crippen LogP contribution in [0.2, 0.25) is 0 Å². The minimum Gasteiger partial charge on any atom is -0.494 e. The van der Waals surface area contributed by atoms with Crippen molar-refractivity contribution in [2.45, 2.75) is 45.6 Å². The third-order valence-electron chi connectivity index (χ3n) is 6.27. The maximum atomic E-state index is 12.7. The number of nitrogens with zero attached hydrogens (tertiary/aromatic N) is 3. The van der Waals surface area contributed by atoms with E-state index in [1.54, 1.807) is 12.5 Å². The average molecular weight is 522 g/mol. The summed E-state index contributed by atoms with van der Waals surface area (Å²) in [5.41, 5.74) is 2.55. The predicted octanol–water partition coefficient (Wildman–Crippen LogP) is 4.32. The van der Waals surface area contributed by atoms with E-state index in [0.717, 1.165) is 34.6 Å². The van der Waals surface area contributed by atoms with Gasteiger partial charge in [0.05, 0.1) is 25.1 Å². The summed E-state index contributed by atoms with van der Waals surface area (Å²) in [6.07, 6.45) is 7.90. The molecule has 4 rings (SSSR count). The summed E-state index contributed by atoms with van der Waals surface area (Å²) < 4.78 is 13.0. The number of carbonyl (C=O) groups excluding carboxylic acids is 2. The minimum atomic E-state index is -0.436. The van der Waals surface area contributed by atoms with Crippen LogP contribution in [0.25, 0.3) is 0 Å². The number of imidazole rings is 1. The molecule has 0 spiro atoms. The number of nitrogens with one attached hydrogen (secondary N) is 2. The van der Waals surface area contributed by atoms with Gasteiger partial charge in [0, 0.05) is 36.8 Å². The first-order valence-corrected chi connectivity index (χ1v) is 13.3. The Morgan fingerprint density at radius 3 is 2.97 bits per heavy atom. The van der Waals surface area contributed by atoms with Gasteiger partial charge in [-0.25, -0.2) is 9.78 Å². The number of aryl methyl sites for hydroxylation is 1. The van der Waals surface area contributed by atoms with Gasteiger partial charge in [0.2, 0.25) is 5.91 Å². The van der Waals surface area contributed by atoms with Crippen molar-refractivity contribution in [3.8, 4) is 11.8 Å². The van der Waals surface area contributed by atoms with Gasteiger partial charge < -0.3 is 24.7 Å². The van der Waals surface area contributed by atoms with Crippen LogP contribution in [0.15, 0.2) is 43.0 Å². The monoisotopic (exact) mass is 521 g/mol. The molecule has 10 heteroatoms. The number of hydrogen-bond acceptors (Lipinski definition) is 7. The number of fused-ring (bicyclic) bond motifs is 1. The Bertz CT molecular complexity index is 1250. The molecule has 0 fully saturated rings. The van der Waals surface area contributed by atoms with Crippen LogP contribution in [0.3, 0.4) is 0 Å². The molecule has 194 valence electrons. The number of carbonyl (C=O) groups is 2. The smallest absolute Gasteiger partial charge is 0.407 e. The minimum absolute atomic E-state index is 0.131. The van der Waals surface area contributed by atoms with E-state index in [2.05, 4.69) is 21.7 Å². The molecule has 0 radical (unpaired) electrons. The van der Waals surface area contributed by atoms with Crippen LogP contribution in [0, 0.1) is 17.2 Å². The number of alkyl carbamates (subject to hydrolysis) is 1. The second kappa shape index (κ2) is 12.9. The molecule has 0 bridgehead atoms. The second-order valence-electron chi connectivity index (χ2n) is 8.84. The molecule has 2 aromatic heterocycles. The van der Waals surface area contributed by atoms with Crippen LogP contribution in [0.1, 0.15) is 41.3 Å². The fourth-order valence-electron chi connectivity index (χ4n) is 4.40. The summed E-state index contributed by atoms with van der Waals surface area (Å²) in [6, 6.07) is 10.00. The summed E-state index contributed by atoms with van der Waals surface area (Å²) in [4.78, 5) is 29.8. The average Bonchev–Trinajstić information content (AvgIpc) is 3.54. The number of rotatable bonds is 11. The standard InChI is InChI=1S/C27H31N5O4S/c1-2-35-23-6-4-3-5-20(23)8-10-25(33)31-26-22(16-28)21-9-7-19(15-24(21)37-26)17-36-27(34)30-12-14-32-13-11-29-18-32/h3-6,11,13,18-19H,2,7-10,12,14-15,17H2,1H3,(H,30,34)(H,31,33). The lowest BCUT2D eigenvalue weighted by molar-refractivity contribution is -0.116. The quantitative estimate of drug-likeness (QED) is 0.388. The van der Waals surface area contributed by atoms with Crippen molar-refractivity contribution in [2.24, 2.45) is 5.92 Å². The third kappa shape index (κ3) is 7.11. The van der Waals surface area contributed by atoms with Crippen molar-refractivity contribution in [1.29, 1.82) is 5.26 Å². The molecular formula is C27H31N5O4S. The molecule has 1 atom stereocenters. The summed E-state index contributed by atoms with van der Waals surface area (Å²) in [5.74, 6) is 0.839. The molecule has 0 aliphatic heterocycles. The molecule has 2 heterocycles. The first kappa shape index (κ1) is 26.2. The van der Waals surface area contributed by atoms with Crippen molar-refractivity contribution >= 4 is 28.3 Å². The first-order valence-electron chi connectivity index (χ1n) is 12.5. The summed E-state index contributed by atoms with van der Waals surface area (Å²) in [6.45, 7) is 3.90. The lowest BCUT2D eigenvalue weighted by Crippen LogP contribution is -2.30. The van der Waals surface area contributed by atoms with Crippen LogP contribution in [0.5, 0.6) is 5.75 Å². The Kier molecular flexibility index (Phi) is 9.16. The van der Waals surface area contributed by atoms with Crippen molar-refractivity contribution in [2.75, 3.05) is 25.1 Å². The summed E-state index contributed by atoms with van der Waals surface area (Å²) >= 11 is 1.45. The Labute approximate surface area is 220 Å². The Morgan fingerprint density at radius 1 is 1.32 bits per heavy atom. The van der Waals surface area contributed by atoms with Gasteiger partial charge in [0.15, 0.2) is 0 Å². The third-order valence-corrected chi connectivity index (χ3v) is 7.44. The van der Waals surface area contributed by atoms with Crippen molar-refractivity contribution in [3.05, 3.63) is 64.6 Å². The molecule has 1 aliphatic rings. The van der Waals surface area contributed by atoms with E-state index in [-0.39, 0.29) is 11.8 Å². The van der Waals surface area contributed by atoms with Crippen LogP contribution in [-0.4, -0.2) is 41.3 Å². The van der Waals surface area contributed by atoms with E-state index >= 15 is 0 Å². The second-order valence-corrected chi connectivity index (χ2v) is 9.95. The van der Waals surface area contributed by atoms with E-state index in [1.165, 1.54) is 11.3 Å². The zero-order valence-corrected chi connectivity index (χ0v) is 21.7. The van der Waals surface area contributed by atoms with Crippen molar-refractivity contribution in [3.63, 3.8) is 0 Å². The summed E-state index contributed by atoms with van der Waals surface area (Å²) in [5, 5.41) is 16.1. The number of hydrogen-bond donors (Lipinski definition) is 2. The molecule has 0 saturated heterocycles. The highest BCUT2D eigenvalue weighted by Crippen LogP contribution is 2.39. The highest BCUT2D eigenvalue weighted by atomic mass is 32.1. The molecule has 1 unspecified atom stereocenters. The molecular weight excluding hydrogens is 490 g/mol. The van der Waals surface area contributed by atoms with Gasteiger partial charge in [0.1, 0.15) is 16.8 Å². The van der Waals surface area contributed by atoms with Gasteiger partial charge in [-0.15, -0.1) is 11.3 Å². The van der Waals surface area contributed by atoms with Gasteiger partial charge in [0.25, 0.3) is 0 Å². The molecule has 9 nitrogen and oxygen atoms in total. The largest absolute Gasteiger partial charge is 0.494 e. The highest BCUT2D eigenvalue weighted by Gasteiger charge is 2.27. The lowest BCUT2D eigenvalue weighted by Gasteiger charge is -2.21. The zero-order chi connectivity index (χ0) is 26.0. The van der Waals surface area contributed by atoms with Gasteiger partial charge in [-0.1, -0.05) is 18.2 Å². The number of benzene rings is 1. The maximum Gasteiger partial charge on any atom is 0.407 e. The fourth-order valence-corrected chi connectivity index (χ4v) is 5.73. The van der Waals surface area contributed by atoms with Gasteiger partial charge in [-0.2, -0.15) is 5.26 Å². The molecule has 3 aromatic rings. The normalized spacial score (nSPS) is 14.3. The van der Waals surface area contributed by atoms with Gasteiger partial charge in [-0.05, 0) is 55.7 Å². The van der Waals surface area contributed by atoms with Gasteiger partial charge >= 0.3 is 6.09 Å². The van der Waals surface area contributed by atoms with Crippen molar-refractivity contribution < 1.29 is 19.1 Å². The number of thiophene rings is 1. The van der Waals surface area contributed by atoms with E-state index in [4.69, 9.17) is 9.47 Å². The molecule has 37 heavy (non-hydrogen) atoms. The zero-order valence-electron chi connectivity index (χ0n) is 20.9. The van der Waals surface area contributed by atoms with E-state index in [9.17, 15) is 14.9 Å².